The number of carbonyl (C=O) groups is 1. The van der Waals surface area contributed by atoms with E-state index < -0.39 is 0 Å². The molecule has 0 atom stereocenters. The third-order valence-corrected chi connectivity index (χ3v) is 2.86. The fourth-order valence-corrected chi connectivity index (χ4v) is 2.04. The van der Waals surface area contributed by atoms with Crippen molar-refractivity contribution in [3.8, 4) is 0 Å². The van der Waals surface area contributed by atoms with E-state index in [1.807, 2.05) is 0 Å². The second-order valence-corrected chi connectivity index (χ2v) is 3.89. The highest BCUT2D eigenvalue weighted by molar-refractivity contribution is 5.96. The van der Waals surface area contributed by atoms with E-state index >= 15 is 0 Å². The minimum Gasteiger partial charge on any atom is -0.292 e. The summed E-state index contributed by atoms with van der Waals surface area (Å²) in [4.78, 5) is 16.1. The lowest BCUT2D eigenvalue weighted by molar-refractivity contribution is 0.0966. The Labute approximate surface area is 84.4 Å². The third-order valence-electron chi connectivity index (χ3n) is 2.86. The van der Waals surface area contributed by atoms with Gasteiger partial charge in [0.05, 0.1) is 0 Å². The molecule has 0 spiro atoms. The molecule has 2 nitrogen and oxygen atoms in total. The number of fused-ring (bicyclic) bond motifs is 1. The van der Waals surface area contributed by atoms with Gasteiger partial charge >= 0.3 is 0 Å². The van der Waals surface area contributed by atoms with E-state index in [1.54, 1.807) is 0 Å². The Balaban J connectivity index is 2.57. The van der Waals surface area contributed by atoms with Gasteiger partial charge in [-0.2, -0.15) is 0 Å². The predicted octanol–water partition coefficient (Wildman–Crippen LogP) is 2.47. The van der Waals surface area contributed by atoms with Crippen LogP contribution in [0.3, 0.4) is 0 Å². The van der Waals surface area contributed by atoms with Crippen LogP contribution in [0.15, 0.2) is 6.07 Å². The second kappa shape index (κ2) is 3.52. The summed E-state index contributed by atoms with van der Waals surface area (Å²) in [5.41, 5.74) is 4.20. The van der Waals surface area contributed by atoms with Crippen LogP contribution >= 0.6 is 0 Å². The summed E-state index contributed by atoms with van der Waals surface area (Å²) in [5, 5.41) is 0. The largest absolute Gasteiger partial charge is 0.292 e. The van der Waals surface area contributed by atoms with Crippen molar-refractivity contribution < 1.29 is 4.79 Å². The molecule has 0 saturated carbocycles. The fourth-order valence-electron chi connectivity index (χ4n) is 2.04. The molecule has 0 N–H and O–H groups in total. The first kappa shape index (κ1) is 9.38. The van der Waals surface area contributed by atoms with Crippen LogP contribution in [-0.4, -0.2) is 10.8 Å². The van der Waals surface area contributed by atoms with Crippen LogP contribution in [-0.2, 0) is 12.8 Å². The first-order valence-electron chi connectivity index (χ1n) is 5.25. The van der Waals surface area contributed by atoms with Gasteiger partial charge < -0.3 is 0 Å². The molecule has 2 heteroatoms. The number of ketones is 1. The Kier molecular flexibility index (Phi) is 2.36. The topological polar surface area (TPSA) is 30.0 Å². The zero-order valence-corrected chi connectivity index (χ0v) is 8.76. The average Bonchev–Trinajstić information content (AvgIpc) is 2.19. The molecule has 2 rings (SSSR count). The Bertz CT molecular complexity index is 382. The van der Waals surface area contributed by atoms with Gasteiger partial charge in [0.1, 0.15) is 5.69 Å². The van der Waals surface area contributed by atoms with E-state index in [4.69, 9.17) is 0 Å². The normalized spacial score (nSPS) is 15.4. The van der Waals surface area contributed by atoms with Crippen LogP contribution in [0.25, 0.3) is 0 Å². The van der Waals surface area contributed by atoms with Crippen molar-refractivity contribution in [3.05, 3.63) is 28.6 Å². The molecule has 0 fully saturated rings. The maximum Gasteiger partial charge on any atom is 0.181 e. The molecule has 0 amide bonds. The SMILES string of the molecule is CCc1cc(C)c2c(n1)C(=O)CCC2. The average molecular weight is 189 g/mol. The Hall–Kier alpha value is -1.18. The minimum atomic E-state index is 0.227. The molecule has 1 aromatic rings. The standard InChI is InChI=1S/C12H15NO/c1-3-9-7-8(2)10-5-4-6-11(14)12(10)13-9/h7H,3-6H2,1-2H3. The van der Waals surface area contributed by atoms with Gasteiger partial charge in [-0.3, -0.25) is 4.79 Å². The van der Waals surface area contributed by atoms with Gasteiger partial charge in [0.25, 0.3) is 0 Å². The van der Waals surface area contributed by atoms with Gasteiger partial charge in [0.15, 0.2) is 5.78 Å². The van der Waals surface area contributed by atoms with Crippen LogP contribution < -0.4 is 0 Å². The highest BCUT2D eigenvalue weighted by atomic mass is 16.1. The molecule has 1 aliphatic carbocycles. The van der Waals surface area contributed by atoms with Gasteiger partial charge in [-0.1, -0.05) is 6.92 Å². The highest BCUT2D eigenvalue weighted by Crippen LogP contribution is 2.23. The summed E-state index contributed by atoms with van der Waals surface area (Å²) in [6.45, 7) is 4.15. The molecule has 14 heavy (non-hydrogen) atoms. The van der Waals surface area contributed by atoms with E-state index in [2.05, 4.69) is 24.9 Å². The summed E-state index contributed by atoms with van der Waals surface area (Å²) in [7, 11) is 0. The smallest absolute Gasteiger partial charge is 0.181 e. The lowest BCUT2D eigenvalue weighted by atomic mass is 9.91. The van der Waals surface area contributed by atoms with Crippen LogP contribution in [0.4, 0.5) is 0 Å². The predicted molar refractivity (Wildman–Crippen MR) is 55.6 cm³/mol. The van der Waals surface area contributed by atoms with Gasteiger partial charge in [-0.25, -0.2) is 4.98 Å². The molecule has 0 radical (unpaired) electrons. The number of aromatic nitrogens is 1. The zero-order valence-electron chi connectivity index (χ0n) is 8.76. The number of carbonyl (C=O) groups excluding carboxylic acids is 1. The van der Waals surface area contributed by atoms with Crippen LogP contribution in [0.5, 0.6) is 0 Å². The summed E-state index contributed by atoms with van der Waals surface area (Å²) < 4.78 is 0. The number of pyridine rings is 1. The maximum absolute atomic E-state index is 11.6. The van der Waals surface area contributed by atoms with Crippen molar-refractivity contribution in [1.82, 2.24) is 4.98 Å². The Morgan fingerprint density at radius 3 is 2.93 bits per heavy atom. The number of hydrogen-bond donors (Lipinski definition) is 0. The summed E-state index contributed by atoms with van der Waals surface area (Å²) in [6.07, 6.45) is 3.58. The fraction of sp³-hybridized carbons (Fsp3) is 0.500. The van der Waals surface area contributed by atoms with E-state index in [0.29, 0.717) is 6.42 Å². The molecule has 1 aromatic heterocycles. The van der Waals surface area contributed by atoms with Crippen molar-refractivity contribution in [1.29, 1.82) is 0 Å². The molecular formula is C12H15NO. The molecule has 0 aromatic carbocycles. The second-order valence-electron chi connectivity index (χ2n) is 3.89. The van der Waals surface area contributed by atoms with Crippen LogP contribution in [0, 0.1) is 6.92 Å². The van der Waals surface area contributed by atoms with Crippen molar-refractivity contribution in [2.24, 2.45) is 0 Å². The van der Waals surface area contributed by atoms with Crippen molar-refractivity contribution in [2.45, 2.75) is 39.5 Å². The number of nitrogens with zero attached hydrogens (tertiary/aromatic N) is 1. The number of Topliss-reactive ketones (excluding diaryl/α,β-unsaturated/α-hetero) is 1. The summed E-state index contributed by atoms with van der Waals surface area (Å²) in [6, 6.07) is 2.11. The van der Waals surface area contributed by atoms with Crippen molar-refractivity contribution in [3.63, 3.8) is 0 Å². The van der Waals surface area contributed by atoms with Crippen LogP contribution in [0.1, 0.15) is 47.1 Å². The Morgan fingerprint density at radius 2 is 2.21 bits per heavy atom. The molecule has 1 heterocycles. The van der Waals surface area contributed by atoms with Gasteiger partial charge in [-0.05, 0) is 43.4 Å². The van der Waals surface area contributed by atoms with Gasteiger partial charge in [0.2, 0.25) is 0 Å². The van der Waals surface area contributed by atoms with Crippen LogP contribution in [0.2, 0.25) is 0 Å². The molecule has 0 aliphatic heterocycles. The minimum absolute atomic E-state index is 0.227. The quantitative estimate of drug-likeness (QED) is 0.679. The lowest BCUT2D eigenvalue weighted by Crippen LogP contribution is -2.15. The van der Waals surface area contributed by atoms with Crippen molar-refractivity contribution >= 4 is 5.78 Å². The molecule has 1 aliphatic rings. The highest BCUT2D eigenvalue weighted by Gasteiger charge is 2.20. The first-order chi connectivity index (χ1) is 6.72. The summed E-state index contributed by atoms with van der Waals surface area (Å²) >= 11 is 0. The zero-order chi connectivity index (χ0) is 10.1. The summed E-state index contributed by atoms with van der Waals surface area (Å²) in [5.74, 6) is 0.227. The van der Waals surface area contributed by atoms with E-state index in [9.17, 15) is 4.79 Å². The van der Waals surface area contributed by atoms with Gasteiger partial charge in [-0.15, -0.1) is 0 Å². The number of hydrogen-bond acceptors (Lipinski definition) is 2. The molecule has 0 bridgehead atoms. The molecular weight excluding hydrogens is 174 g/mol. The molecule has 0 unspecified atom stereocenters. The first-order valence-corrected chi connectivity index (χ1v) is 5.25. The molecule has 74 valence electrons. The third kappa shape index (κ3) is 1.45. The maximum atomic E-state index is 11.6. The van der Waals surface area contributed by atoms with Gasteiger partial charge in [0, 0.05) is 12.1 Å². The molecule has 0 saturated heterocycles. The monoisotopic (exact) mass is 189 g/mol. The number of rotatable bonds is 1. The van der Waals surface area contributed by atoms with E-state index in [1.165, 1.54) is 11.1 Å². The lowest BCUT2D eigenvalue weighted by Gasteiger charge is -2.16. The number of aryl methyl sites for hydroxylation is 2. The van der Waals surface area contributed by atoms with E-state index in [-0.39, 0.29) is 5.78 Å². The van der Waals surface area contributed by atoms with Crippen molar-refractivity contribution in [2.75, 3.05) is 0 Å². The Morgan fingerprint density at radius 1 is 1.43 bits per heavy atom. The van der Waals surface area contributed by atoms with E-state index in [0.717, 1.165) is 30.7 Å².